The summed E-state index contributed by atoms with van der Waals surface area (Å²) < 4.78 is 19.9. The van der Waals surface area contributed by atoms with Crippen molar-refractivity contribution in [3.63, 3.8) is 0 Å². The summed E-state index contributed by atoms with van der Waals surface area (Å²) in [6, 6.07) is 0. The molecule has 3 N–H and O–H groups in total. The van der Waals surface area contributed by atoms with Gasteiger partial charge in [-0.1, -0.05) is 12.2 Å². The van der Waals surface area contributed by atoms with Gasteiger partial charge in [-0.3, -0.25) is 4.57 Å². The maximum Gasteiger partial charge on any atom is 0.167 e. The van der Waals surface area contributed by atoms with E-state index in [0.717, 1.165) is 0 Å². The summed E-state index contributed by atoms with van der Waals surface area (Å²) >= 11 is 0. The van der Waals surface area contributed by atoms with Crippen LogP contribution >= 0.6 is 0 Å². The number of hydrogen-bond acceptors (Lipinski definition) is 8. The van der Waals surface area contributed by atoms with Crippen molar-refractivity contribution in [2.75, 3.05) is 12.3 Å². The van der Waals surface area contributed by atoms with E-state index in [4.69, 9.17) is 25.1 Å². The lowest BCUT2D eigenvalue weighted by Gasteiger charge is -2.24. The van der Waals surface area contributed by atoms with Gasteiger partial charge in [0.25, 0.3) is 0 Å². The van der Waals surface area contributed by atoms with Gasteiger partial charge < -0.3 is 25.1 Å². The van der Waals surface area contributed by atoms with Gasteiger partial charge in [-0.25, -0.2) is 15.0 Å². The summed E-state index contributed by atoms with van der Waals surface area (Å²) in [7, 11) is 0. The summed E-state index contributed by atoms with van der Waals surface area (Å²) in [6.07, 6.45) is 4.99. The minimum Gasteiger partial charge on any atom is -0.392 e. The minimum absolute atomic E-state index is 0.0655. The molecule has 2 aromatic rings. The molecule has 9 nitrogen and oxygen atoms in total. The van der Waals surface area contributed by atoms with Gasteiger partial charge in [0.15, 0.2) is 23.5 Å². The summed E-state index contributed by atoms with van der Waals surface area (Å²) in [4.78, 5) is 12.5. The average molecular weight is 333 g/mol. The van der Waals surface area contributed by atoms with Crippen molar-refractivity contribution in [1.82, 2.24) is 19.5 Å². The molecule has 2 fully saturated rings. The van der Waals surface area contributed by atoms with E-state index in [9.17, 15) is 0 Å². The van der Waals surface area contributed by atoms with Crippen LogP contribution in [0.15, 0.2) is 24.8 Å². The maximum atomic E-state index is 9.03. The summed E-state index contributed by atoms with van der Waals surface area (Å²) in [5, 5.41) is 9.03. The fourth-order valence-electron chi connectivity index (χ4n) is 3.24. The van der Waals surface area contributed by atoms with Crippen molar-refractivity contribution < 1.29 is 19.3 Å². The highest BCUT2D eigenvalue weighted by molar-refractivity contribution is 5.81. The Morgan fingerprint density at radius 1 is 1.29 bits per heavy atom. The lowest BCUT2D eigenvalue weighted by atomic mass is 10.1. The van der Waals surface area contributed by atoms with Gasteiger partial charge in [0.1, 0.15) is 30.2 Å². The largest absolute Gasteiger partial charge is 0.392 e. The van der Waals surface area contributed by atoms with Crippen molar-refractivity contribution in [3.8, 4) is 0 Å². The Hall–Kier alpha value is -2.07. The fraction of sp³-hybridized carbons (Fsp3) is 0.533. The van der Waals surface area contributed by atoms with E-state index in [1.165, 1.54) is 6.33 Å². The van der Waals surface area contributed by atoms with Gasteiger partial charge in [-0.2, -0.15) is 0 Å². The third kappa shape index (κ3) is 2.37. The molecule has 0 unspecified atom stereocenters. The van der Waals surface area contributed by atoms with Crippen molar-refractivity contribution >= 4 is 17.0 Å². The summed E-state index contributed by atoms with van der Waals surface area (Å²) in [5.74, 6) is -0.401. The van der Waals surface area contributed by atoms with Crippen molar-refractivity contribution in [3.05, 3.63) is 24.8 Å². The number of ether oxygens (including phenoxy) is 3. The van der Waals surface area contributed by atoms with Crippen LogP contribution in [0.3, 0.4) is 0 Å². The first-order valence-corrected chi connectivity index (χ1v) is 7.72. The van der Waals surface area contributed by atoms with Crippen molar-refractivity contribution in [2.45, 2.75) is 44.2 Å². The molecule has 4 heterocycles. The Kier molecular flexibility index (Phi) is 3.53. The molecular weight excluding hydrogens is 314 g/mol. The van der Waals surface area contributed by atoms with E-state index in [2.05, 4.69) is 15.0 Å². The minimum atomic E-state index is -0.715. The summed E-state index contributed by atoms with van der Waals surface area (Å²) in [6.45, 7) is 3.66. The maximum absolute atomic E-state index is 9.03. The number of nitrogens with zero attached hydrogens (tertiary/aromatic N) is 4. The van der Waals surface area contributed by atoms with E-state index in [-0.39, 0.29) is 24.9 Å². The zero-order valence-corrected chi connectivity index (χ0v) is 13.4. The Morgan fingerprint density at radius 3 is 2.88 bits per heavy atom. The molecule has 0 radical (unpaired) electrons. The molecular formula is C15H19N5O4. The number of nitrogens with two attached hydrogens (primary N) is 1. The number of aliphatic hydroxyl groups is 1. The molecule has 0 spiro atoms. The molecule has 0 amide bonds. The first kappa shape index (κ1) is 15.5. The van der Waals surface area contributed by atoms with Gasteiger partial charge in [0.2, 0.25) is 0 Å². The molecule has 2 saturated heterocycles. The van der Waals surface area contributed by atoms with E-state index in [1.54, 1.807) is 23.0 Å². The van der Waals surface area contributed by atoms with Crippen LogP contribution in [0.25, 0.3) is 11.2 Å². The second-order valence-electron chi connectivity index (χ2n) is 6.25. The van der Waals surface area contributed by atoms with Crippen LogP contribution in [0.5, 0.6) is 0 Å². The van der Waals surface area contributed by atoms with Gasteiger partial charge >= 0.3 is 0 Å². The Morgan fingerprint density at radius 2 is 2.08 bits per heavy atom. The number of aromatic nitrogens is 4. The van der Waals surface area contributed by atoms with Crippen molar-refractivity contribution in [2.24, 2.45) is 0 Å². The number of imidazole rings is 1. The zero-order chi connectivity index (χ0) is 16.9. The molecule has 4 rings (SSSR count). The predicted molar refractivity (Wildman–Crippen MR) is 83.7 cm³/mol. The molecule has 9 heteroatoms. The SMILES string of the molecule is CC1(C)O[C@@H]2[C@H](O1)[C@@H](/C=C/CO)O[C@H]2n1cnc2c(N)ncnc21. The van der Waals surface area contributed by atoms with E-state index in [0.29, 0.717) is 17.0 Å². The number of aliphatic hydroxyl groups excluding tert-OH is 1. The molecule has 2 aromatic heterocycles. The molecule has 0 saturated carbocycles. The van der Waals surface area contributed by atoms with Gasteiger partial charge in [0.05, 0.1) is 12.9 Å². The van der Waals surface area contributed by atoms with Crippen LogP contribution in [0.1, 0.15) is 20.1 Å². The number of hydrogen-bond donors (Lipinski definition) is 2. The third-order valence-corrected chi connectivity index (χ3v) is 4.16. The van der Waals surface area contributed by atoms with Crippen LogP contribution in [-0.2, 0) is 14.2 Å². The Labute approximate surface area is 138 Å². The van der Waals surface area contributed by atoms with E-state index >= 15 is 0 Å². The first-order chi connectivity index (χ1) is 11.5. The molecule has 2 aliphatic rings. The fourth-order valence-corrected chi connectivity index (χ4v) is 3.24. The lowest BCUT2D eigenvalue weighted by molar-refractivity contribution is -0.191. The molecule has 0 aromatic carbocycles. The van der Waals surface area contributed by atoms with Crippen molar-refractivity contribution in [1.29, 1.82) is 0 Å². The molecule has 0 aliphatic carbocycles. The monoisotopic (exact) mass is 333 g/mol. The topological polar surface area (TPSA) is 118 Å². The van der Waals surface area contributed by atoms with E-state index in [1.807, 2.05) is 13.8 Å². The van der Waals surface area contributed by atoms with E-state index < -0.39 is 12.0 Å². The van der Waals surface area contributed by atoms with Crippen LogP contribution in [-0.4, -0.2) is 55.3 Å². The lowest BCUT2D eigenvalue weighted by Crippen LogP contribution is -2.28. The quantitative estimate of drug-likeness (QED) is 0.774. The standard InChI is InChI=1S/C15H19N5O4/c1-15(2)23-10-8(4-3-5-21)22-14(11(10)24-15)20-7-19-9-12(16)17-6-18-13(9)20/h3-4,6-8,10-11,14,21H,5H2,1-2H3,(H2,16,17,18)/b4-3+/t8-,10-,11-,14-/m1/s1. The molecule has 0 bridgehead atoms. The predicted octanol–water partition coefficient (Wildman–Crippen LogP) is 0.374. The third-order valence-electron chi connectivity index (χ3n) is 4.16. The number of rotatable bonds is 3. The van der Waals surface area contributed by atoms with Crippen LogP contribution in [0.2, 0.25) is 0 Å². The van der Waals surface area contributed by atoms with Gasteiger partial charge in [-0.15, -0.1) is 0 Å². The summed E-state index contributed by atoms with van der Waals surface area (Å²) in [5.41, 5.74) is 6.94. The molecule has 128 valence electrons. The highest BCUT2D eigenvalue weighted by atomic mass is 16.8. The number of nitrogen functional groups attached to an aromatic ring is 1. The molecule has 4 atom stereocenters. The molecule has 2 aliphatic heterocycles. The average Bonchev–Trinajstić information content (AvgIpc) is 3.17. The first-order valence-electron chi connectivity index (χ1n) is 7.72. The van der Waals surface area contributed by atoms with Crippen LogP contribution in [0, 0.1) is 0 Å². The highest BCUT2D eigenvalue weighted by Crippen LogP contribution is 2.44. The smallest absolute Gasteiger partial charge is 0.167 e. The second kappa shape index (κ2) is 5.49. The second-order valence-corrected chi connectivity index (χ2v) is 6.25. The number of anilines is 1. The highest BCUT2D eigenvalue weighted by Gasteiger charge is 2.55. The Bertz CT molecular complexity index is 789. The zero-order valence-electron chi connectivity index (χ0n) is 13.4. The van der Waals surface area contributed by atoms with Gasteiger partial charge in [0, 0.05) is 0 Å². The number of fused-ring (bicyclic) bond motifs is 2. The van der Waals surface area contributed by atoms with Crippen LogP contribution in [0.4, 0.5) is 5.82 Å². The Balaban J connectivity index is 1.74. The van der Waals surface area contributed by atoms with Crippen LogP contribution < -0.4 is 5.73 Å². The normalized spacial score (nSPS) is 32.0. The molecule has 24 heavy (non-hydrogen) atoms. The van der Waals surface area contributed by atoms with Gasteiger partial charge in [-0.05, 0) is 13.8 Å².